The number of hydrogen-bond acceptors (Lipinski definition) is 4. The van der Waals surface area contributed by atoms with E-state index in [-0.39, 0.29) is 0 Å². The second-order valence-electron chi connectivity index (χ2n) is 6.03. The highest BCUT2D eigenvalue weighted by atomic mass is 16.5. The molecule has 1 N–H and O–H groups in total. The van der Waals surface area contributed by atoms with Gasteiger partial charge in [0.05, 0.1) is 14.2 Å². The van der Waals surface area contributed by atoms with E-state index in [0.717, 1.165) is 51.6 Å². The number of nitrogens with one attached hydrogen (secondary N) is 1. The average Bonchev–Trinajstić information content (AvgIpc) is 3.10. The Morgan fingerprint density at radius 3 is 2.46 bits per heavy atom. The molecule has 0 aliphatic heterocycles. The Labute approximate surface area is 151 Å². The largest absolute Gasteiger partial charge is 0.497 e. The lowest BCUT2D eigenvalue weighted by Crippen LogP contribution is -1.91. The molecule has 0 spiro atoms. The molecule has 4 aromatic rings. The number of pyridine rings is 1. The van der Waals surface area contributed by atoms with Gasteiger partial charge in [0.25, 0.3) is 0 Å². The van der Waals surface area contributed by atoms with Crippen LogP contribution in [0.25, 0.3) is 22.3 Å². The molecule has 2 aromatic carbocycles. The number of fused-ring (bicyclic) bond motifs is 1. The zero-order chi connectivity index (χ0) is 17.9. The van der Waals surface area contributed by atoms with Crippen LogP contribution < -0.4 is 9.47 Å². The molecule has 130 valence electrons. The summed E-state index contributed by atoms with van der Waals surface area (Å²) in [6.07, 6.45) is 2.57. The van der Waals surface area contributed by atoms with Gasteiger partial charge in [0.2, 0.25) is 0 Å². The number of imidazole rings is 1. The van der Waals surface area contributed by atoms with E-state index < -0.39 is 0 Å². The van der Waals surface area contributed by atoms with E-state index in [1.54, 1.807) is 14.2 Å². The van der Waals surface area contributed by atoms with Gasteiger partial charge in [0.15, 0.2) is 5.65 Å². The van der Waals surface area contributed by atoms with E-state index in [0.29, 0.717) is 0 Å². The summed E-state index contributed by atoms with van der Waals surface area (Å²) in [6, 6.07) is 18.0. The second kappa shape index (κ2) is 6.88. The van der Waals surface area contributed by atoms with Crippen LogP contribution in [0.15, 0.2) is 60.8 Å². The van der Waals surface area contributed by atoms with Gasteiger partial charge >= 0.3 is 0 Å². The molecule has 0 bridgehead atoms. The third kappa shape index (κ3) is 3.24. The van der Waals surface area contributed by atoms with Crippen LogP contribution in [-0.4, -0.2) is 29.2 Å². The summed E-state index contributed by atoms with van der Waals surface area (Å²) in [7, 11) is 3.33. The standard InChI is InChI=1S/C21H19N3O2/c1-25-17-8-6-14(7-9-17)10-20-23-19-12-16(13-22-21(19)24-20)15-4-3-5-18(11-15)26-2/h3-9,11-13H,10H2,1-2H3,(H,22,23,24). The van der Waals surface area contributed by atoms with Gasteiger partial charge in [0, 0.05) is 18.2 Å². The minimum Gasteiger partial charge on any atom is -0.497 e. The van der Waals surface area contributed by atoms with E-state index in [1.165, 1.54) is 0 Å². The number of methoxy groups -OCH3 is 2. The van der Waals surface area contributed by atoms with E-state index in [1.807, 2.05) is 60.8 Å². The molecular formula is C21H19N3O2. The van der Waals surface area contributed by atoms with Crippen LogP contribution in [0, 0.1) is 0 Å². The van der Waals surface area contributed by atoms with Gasteiger partial charge in [-0.05, 0) is 41.5 Å². The molecule has 0 aliphatic carbocycles. The quantitative estimate of drug-likeness (QED) is 0.588. The predicted molar refractivity (Wildman–Crippen MR) is 102 cm³/mol. The van der Waals surface area contributed by atoms with E-state index in [4.69, 9.17) is 14.5 Å². The van der Waals surface area contributed by atoms with Gasteiger partial charge in [-0.25, -0.2) is 9.97 Å². The first kappa shape index (κ1) is 16.1. The van der Waals surface area contributed by atoms with Crippen LogP contribution in [0.4, 0.5) is 0 Å². The van der Waals surface area contributed by atoms with Crippen molar-refractivity contribution >= 4 is 11.2 Å². The average molecular weight is 345 g/mol. The summed E-state index contributed by atoms with van der Waals surface area (Å²) in [4.78, 5) is 12.5. The molecule has 2 aromatic heterocycles. The van der Waals surface area contributed by atoms with Gasteiger partial charge in [-0.1, -0.05) is 24.3 Å². The highest BCUT2D eigenvalue weighted by molar-refractivity contribution is 5.78. The maximum Gasteiger partial charge on any atom is 0.157 e. The SMILES string of the molecule is COc1ccc(Cc2nc3cc(-c4cccc(OC)c4)cnc3[nH]2)cc1. The zero-order valence-corrected chi connectivity index (χ0v) is 14.7. The molecular weight excluding hydrogens is 326 g/mol. The van der Waals surface area contributed by atoms with Gasteiger partial charge in [-0.15, -0.1) is 0 Å². The molecule has 0 atom stereocenters. The van der Waals surface area contributed by atoms with Gasteiger partial charge in [-0.3, -0.25) is 0 Å². The third-order valence-corrected chi connectivity index (χ3v) is 4.32. The molecule has 0 saturated carbocycles. The molecule has 0 amide bonds. The highest BCUT2D eigenvalue weighted by Gasteiger charge is 2.08. The maximum absolute atomic E-state index is 5.30. The van der Waals surface area contributed by atoms with Crippen molar-refractivity contribution in [2.24, 2.45) is 0 Å². The first-order valence-electron chi connectivity index (χ1n) is 8.37. The molecule has 0 saturated heterocycles. The topological polar surface area (TPSA) is 60.0 Å². The van der Waals surface area contributed by atoms with E-state index in [2.05, 4.69) is 9.97 Å². The Morgan fingerprint density at radius 2 is 1.69 bits per heavy atom. The predicted octanol–water partition coefficient (Wildman–Crippen LogP) is 4.23. The van der Waals surface area contributed by atoms with Crippen LogP contribution in [0.5, 0.6) is 11.5 Å². The van der Waals surface area contributed by atoms with Crippen LogP contribution in [0.1, 0.15) is 11.4 Å². The summed E-state index contributed by atoms with van der Waals surface area (Å²) in [5, 5.41) is 0. The van der Waals surface area contributed by atoms with Gasteiger partial charge in [-0.2, -0.15) is 0 Å². The van der Waals surface area contributed by atoms with Crippen molar-refractivity contribution < 1.29 is 9.47 Å². The number of hydrogen-bond donors (Lipinski definition) is 1. The lowest BCUT2D eigenvalue weighted by Gasteiger charge is -2.04. The minimum atomic E-state index is 0.717. The van der Waals surface area contributed by atoms with E-state index >= 15 is 0 Å². The fraction of sp³-hybridized carbons (Fsp3) is 0.143. The van der Waals surface area contributed by atoms with Crippen LogP contribution in [-0.2, 0) is 6.42 Å². The molecule has 0 unspecified atom stereocenters. The monoisotopic (exact) mass is 345 g/mol. The Morgan fingerprint density at radius 1 is 0.885 bits per heavy atom. The fourth-order valence-electron chi connectivity index (χ4n) is 2.93. The Kier molecular flexibility index (Phi) is 4.27. The molecule has 0 aliphatic rings. The normalized spacial score (nSPS) is 10.8. The summed E-state index contributed by atoms with van der Waals surface area (Å²) >= 11 is 0. The van der Waals surface area contributed by atoms with Crippen molar-refractivity contribution in [2.45, 2.75) is 6.42 Å². The van der Waals surface area contributed by atoms with E-state index in [9.17, 15) is 0 Å². The fourth-order valence-corrected chi connectivity index (χ4v) is 2.93. The van der Waals surface area contributed by atoms with Crippen molar-refractivity contribution in [2.75, 3.05) is 14.2 Å². The summed E-state index contributed by atoms with van der Waals surface area (Å²) < 4.78 is 10.5. The molecule has 2 heterocycles. The number of aromatic amines is 1. The number of H-pyrrole nitrogens is 1. The second-order valence-corrected chi connectivity index (χ2v) is 6.03. The third-order valence-electron chi connectivity index (χ3n) is 4.32. The lowest BCUT2D eigenvalue weighted by atomic mass is 10.1. The van der Waals surface area contributed by atoms with Crippen LogP contribution in [0.3, 0.4) is 0 Å². The minimum absolute atomic E-state index is 0.717. The van der Waals surface area contributed by atoms with Crippen molar-refractivity contribution in [3.63, 3.8) is 0 Å². The van der Waals surface area contributed by atoms with Crippen molar-refractivity contribution in [3.8, 4) is 22.6 Å². The number of aromatic nitrogens is 3. The number of benzene rings is 2. The summed E-state index contributed by atoms with van der Waals surface area (Å²) in [5.74, 6) is 2.56. The first-order chi connectivity index (χ1) is 12.7. The van der Waals surface area contributed by atoms with Crippen molar-refractivity contribution in [3.05, 3.63) is 72.2 Å². The summed E-state index contributed by atoms with van der Waals surface area (Å²) in [6.45, 7) is 0. The molecule has 0 fully saturated rings. The smallest absolute Gasteiger partial charge is 0.157 e. The van der Waals surface area contributed by atoms with Crippen molar-refractivity contribution in [1.82, 2.24) is 15.0 Å². The Bertz CT molecular complexity index is 1040. The van der Waals surface area contributed by atoms with Gasteiger partial charge < -0.3 is 14.5 Å². The highest BCUT2D eigenvalue weighted by Crippen LogP contribution is 2.25. The molecule has 26 heavy (non-hydrogen) atoms. The number of ether oxygens (including phenoxy) is 2. The molecule has 5 nitrogen and oxygen atoms in total. The zero-order valence-electron chi connectivity index (χ0n) is 14.7. The first-order valence-corrected chi connectivity index (χ1v) is 8.37. The lowest BCUT2D eigenvalue weighted by molar-refractivity contribution is 0.414. The molecule has 0 radical (unpaired) electrons. The number of nitrogens with zero attached hydrogens (tertiary/aromatic N) is 2. The van der Waals surface area contributed by atoms with Gasteiger partial charge in [0.1, 0.15) is 22.8 Å². The van der Waals surface area contributed by atoms with Crippen LogP contribution in [0.2, 0.25) is 0 Å². The Balaban J connectivity index is 1.62. The van der Waals surface area contributed by atoms with Crippen LogP contribution >= 0.6 is 0 Å². The number of rotatable bonds is 5. The molecule has 5 heteroatoms. The summed E-state index contributed by atoms with van der Waals surface area (Å²) in [5.41, 5.74) is 4.88. The maximum atomic E-state index is 5.30. The Hall–Kier alpha value is -3.34. The molecule has 4 rings (SSSR count). The van der Waals surface area contributed by atoms with Crippen molar-refractivity contribution in [1.29, 1.82) is 0 Å².